The molecule has 2 aromatic carbocycles. The zero-order valence-corrected chi connectivity index (χ0v) is 23.7. The van der Waals surface area contributed by atoms with Gasteiger partial charge < -0.3 is 24.1 Å². The molecule has 6 rings (SSSR count). The summed E-state index contributed by atoms with van der Waals surface area (Å²) in [7, 11) is 0. The van der Waals surface area contributed by atoms with Gasteiger partial charge in [-0.25, -0.2) is 0 Å². The van der Waals surface area contributed by atoms with Crippen LogP contribution < -0.4 is 18.9 Å². The van der Waals surface area contributed by atoms with Crippen molar-refractivity contribution < 1.29 is 24.1 Å². The van der Waals surface area contributed by atoms with Crippen LogP contribution >= 0.6 is 47.0 Å². The number of aliphatic hydroxyl groups is 1. The van der Waals surface area contributed by atoms with Crippen LogP contribution in [0.3, 0.4) is 0 Å². The molecule has 0 amide bonds. The summed E-state index contributed by atoms with van der Waals surface area (Å²) in [6.07, 6.45) is -0.966. The summed E-state index contributed by atoms with van der Waals surface area (Å²) in [5, 5.41) is 12.2. The predicted octanol–water partition coefficient (Wildman–Crippen LogP) is 7.65. The van der Waals surface area contributed by atoms with E-state index in [0.717, 1.165) is 15.4 Å². The van der Waals surface area contributed by atoms with Gasteiger partial charge in [0, 0.05) is 58.9 Å². The van der Waals surface area contributed by atoms with Crippen molar-refractivity contribution >= 4 is 47.0 Å². The Kier molecular flexibility index (Phi) is 4.86. The maximum absolute atomic E-state index is 12.2. The number of fused-ring (bicyclic) bond motifs is 4. The number of hydrogen-bond donors (Lipinski definition) is 1. The first-order valence-corrected chi connectivity index (χ1v) is 14.5. The van der Waals surface area contributed by atoms with Gasteiger partial charge >= 0.3 is 0 Å². The van der Waals surface area contributed by atoms with Crippen molar-refractivity contribution in [1.82, 2.24) is 0 Å². The minimum absolute atomic E-state index is 0.0134. The van der Waals surface area contributed by atoms with Crippen molar-refractivity contribution in [3.63, 3.8) is 0 Å². The Morgan fingerprint density at radius 3 is 1.50 bits per heavy atom. The highest BCUT2D eigenvalue weighted by Crippen LogP contribution is 2.66. The number of thioether (sulfide) groups is 4. The van der Waals surface area contributed by atoms with Crippen LogP contribution in [0.5, 0.6) is 23.0 Å². The van der Waals surface area contributed by atoms with Crippen LogP contribution in [0.1, 0.15) is 72.6 Å². The molecule has 34 heavy (non-hydrogen) atoms. The highest BCUT2D eigenvalue weighted by atomic mass is 32.2. The van der Waals surface area contributed by atoms with E-state index in [1.807, 2.05) is 80.8 Å². The molecule has 2 aromatic rings. The maximum atomic E-state index is 12.2. The van der Waals surface area contributed by atoms with Crippen LogP contribution in [-0.4, -0.2) is 24.8 Å². The first-order valence-electron chi connectivity index (χ1n) is 11.3. The largest absolute Gasteiger partial charge is 0.449 e. The van der Waals surface area contributed by atoms with Crippen molar-refractivity contribution in [2.75, 3.05) is 0 Å². The maximum Gasteiger partial charge on any atom is 0.246 e. The standard InChI is InChI=1S/C25H28O5S4/c1-22(2)27-11-9-12-19(30-23(3,4)28-12)15(18(11)29-22)17(26)16-20-13(31-24(5,6)33-20)10-14-21(16)34-25(7,8)32-14/h9-10,17,26H,1-8H3. The summed E-state index contributed by atoms with van der Waals surface area (Å²) in [6, 6.07) is 4.11. The van der Waals surface area contributed by atoms with E-state index in [1.165, 1.54) is 9.79 Å². The molecule has 0 saturated carbocycles. The molecule has 1 N–H and O–H groups in total. The number of rotatable bonds is 2. The Morgan fingerprint density at radius 1 is 0.618 bits per heavy atom. The van der Waals surface area contributed by atoms with Crippen molar-refractivity contribution in [1.29, 1.82) is 0 Å². The average molecular weight is 537 g/mol. The predicted molar refractivity (Wildman–Crippen MR) is 139 cm³/mol. The highest BCUT2D eigenvalue weighted by molar-refractivity contribution is 8.21. The van der Waals surface area contributed by atoms with Gasteiger partial charge in [-0.3, -0.25) is 0 Å². The molecule has 4 aliphatic rings. The van der Waals surface area contributed by atoms with Crippen LogP contribution in [0.15, 0.2) is 31.7 Å². The summed E-state index contributed by atoms with van der Waals surface area (Å²) < 4.78 is 24.6. The molecular formula is C25H28O5S4. The van der Waals surface area contributed by atoms with Crippen LogP contribution in [0.4, 0.5) is 0 Å². The number of ether oxygens (including phenoxy) is 4. The van der Waals surface area contributed by atoms with Gasteiger partial charge in [-0.15, -0.1) is 47.0 Å². The molecule has 1 unspecified atom stereocenters. The van der Waals surface area contributed by atoms with Gasteiger partial charge in [0.25, 0.3) is 0 Å². The molecule has 4 aliphatic heterocycles. The molecule has 0 bridgehead atoms. The van der Waals surface area contributed by atoms with E-state index < -0.39 is 17.7 Å². The second kappa shape index (κ2) is 7.06. The third kappa shape index (κ3) is 3.69. The molecular weight excluding hydrogens is 509 g/mol. The van der Waals surface area contributed by atoms with Gasteiger partial charge in [0.2, 0.25) is 11.6 Å². The fourth-order valence-corrected chi connectivity index (χ4v) is 10.5. The van der Waals surface area contributed by atoms with Gasteiger partial charge in [-0.2, -0.15) is 0 Å². The van der Waals surface area contributed by atoms with Crippen molar-refractivity contribution in [3.05, 3.63) is 23.3 Å². The lowest BCUT2D eigenvalue weighted by Crippen LogP contribution is -2.31. The van der Waals surface area contributed by atoms with Crippen LogP contribution in [0, 0.1) is 0 Å². The summed E-state index contributed by atoms with van der Waals surface area (Å²) in [4.78, 5) is 4.70. The lowest BCUT2D eigenvalue weighted by Gasteiger charge is -2.23. The Hall–Kier alpha value is -1.000. The molecule has 0 spiro atoms. The Bertz CT molecular complexity index is 1070. The second-order valence-electron chi connectivity index (χ2n) is 10.7. The minimum Gasteiger partial charge on any atom is -0.449 e. The molecule has 9 heteroatoms. The lowest BCUT2D eigenvalue weighted by molar-refractivity contribution is -0.0497. The van der Waals surface area contributed by atoms with E-state index >= 15 is 0 Å². The van der Waals surface area contributed by atoms with E-state index in [0.29, 0.717) is 28.6 Å². The molecule has 182 valence electrons. The van der Waals surface area contributed by atoms with Gasteiger partial charge in [0.15, 0.2) is 23.0 Å². The van der Waals surface area contributed by atoms with E-state index in [9.17, 15) is 5.11 Å². The summed E-state index contributed by atoms with van der Waals surface area (Å²) in [5.74, 6) is 0.478. The third-order valence-corrected chi connectivity index (χ3v) is 11.4. The normalized spacial score (nSPS) is 24.1. The number of aliphatic hydroxyl groups excluding tert-OH is 1. The molecule has 0 fully saturated rings. The Balaban J connectivity index is 1.59. The van der Waals surface area contributed by atoms with Gasteiger partial charge in [0.05, 0.1) is 13.7 Å². The minimum atomic E-state index is -0.966. The van der Waals surface area contributed by atoms with Crippen molar-refractivity contribution in [2.45, 2.75) is 101 Å². The summed E-state index contributed by atoms with van der Waals surface area (Å²) in [6.45, 7) is 16.4. The monoisotopic (exact) mass is 536 g/mol. The smallest absolute Gasteiger partial charge is 0.246 e. The Labute approximate surface area is 217 Å². The summed E-state index contributed by atoms with van der Waals surface area (Å²) >= 11 is 7.33. The van der Waals surface area contributed by atoms with E-state index in [-0.39, 0.29) is 8.16 Å². The summed E-state index contributed by atoms with van der Waals surface area (Å²) in [5.41, 5.74) is 1.50. The van der Waals surface area contributed by atoms with Crippen LogP contribution in [0.2, 0.25) is 0 Å². The topological polar surface area (TPSA) is 57.2 Å². The first kappa shape index (κ1) is 23.4. The quantitative estimate of drug-likeness (QED) is 0.417. The van der Waals surface area contributed by atoms with Gasteiger partial charge in [0.1, 0.15) is 6.10 Å². The first-order chi connectivity index (χ1) is 15.6. The fraction of sp³-hybridized carbons (Fsp3) is 0.520. The SMILES string of the molecule is CC1(C)Oc2cc3c(c(C(O)c4c5c(cc6c4SC(C)(C)S6)SC(C)(C)S5)c2O1)OC(C)(C)O3. The van der Waals surface area contributed by atoms with Gasteiger partial charge in [-0.1, -0.05) is 0 Å². The van der Waals surface area contributed by atoms with Crippen molar-refractivity contribution in [3.8, 4) is 23.0 Å². The van der Waals surface area contributed by atoms with Crippen molar-refractivity contribution in [2.24, 2.45) is 0 Å². The zero-order valence-electron chi connectivity index (χ0n) is 20.4. The van der Waals surface area contributed by atoms with Crippen LogP contribution in [0.25, 0.3) is 0 Å². The van der Waals surface area contributed by atoms with E-state index in [2.05, 4.69) is 33.8 Å². The molecule has 5 nitrogen and oxygen atoms in total. The van der Waals surface area contributed by atoms with E-state index in [4.69, 9.17) is 18.9 Å². The molecule has 0 aliphatic carbocycles. The highest BCUT2D eigenvalue weighted by Gasteiger charge is 2.47. The average Bonchev–Trinajstić information content (AvgIpc) is 3.32. The lowest BCUT2D eigenvalue weighted by atomic mass is 9.98. The van der Waals surface area contributed by atoms with E-state index in [1.54, 1.807) is 0 Å². The molecule has 4 heterocycles. The zero-order chi connectivity index (χ0) is 24.4. The molecule has 0 aromatic heterocycles. The van der Waals surface area contributed by atoms with Gasteiger partial charge in [-0.05, 0) is 33.8 Å². The Morgan fingerprint density at radius 2 is 1.06 bits per heavy atom. The fourth-order valence-electron chi connectivity index (χ4n) is 4.73. The molecule has 0 saturated heterocycles. The molecule has 1 atom stereocenters. The number of hydrogen-bond acceptors (Lipinski definition) is 9. The second-order valence-corrected chi connectivity index (χ2v) is 17.8. The van der Waals surface area contributed by atoms with Crippen LogP contribution in [-0.2, 0) is 0 Å². The third-order valence-electron chi connectivity index (χ3n) is 5.76. The number of benzene rings is 2. The molecule has 0 radical (unpaired) electrons.